The molecule has 132 valence electrons. The molecule has 0 amide bonds. The van der Waals surface area contributed by atoms with Crippen LogP contribution in [0.4, 0.5) is 0 Å². The molecule has 2 fully saturated rings. The van der Waals surface area contributed by atoms with Crippen LogP contribution < -0.4 is 9.47 Å². The van der Waals surface area contributed by atoms with Crippen molar-refractivity contribution in [3.8, 4) is 11.5 Å². The maximum Gasteiger partial charge on any atom is 0.338 e. The molecule has 0 saturated carbocycles. The van der Waals surface area contributed by atoms with Crippen LogP contribution in [-0.4, -0.2) is 43.4 Å². The summed E-state index contributed by atoms with van der Waals surface area (Å²) in [6.07, 6.45) is 6.22. The molecule has 0 N–H and O–H groups in total. The third-order valence-electron chi connectivity index (χ3n) is 5.27. The van der Waals surface area contributed by atoms with Gasteiger partial charge in [0.05, 0.1) is 12.2 Å². The third-order valence-corrected chi connectivity index (χ3v) is 5.27. The van der Waals surface area contributed by atoms with Crippen LogP contribution in [0.5, 0.6) is 11.5 Å². The van der Waals surface area contributed by atoms with Crippen molar-refractivity contribution in [2.75, 3.05) is 26.5 Å². The molecule has 4 rings (SSSR count). The first kappa shape index (κ1) is 17.4. The average molecular weight is 354 g/mol. The zero-order valence-corrected chi connectivity index (χ0v) is 14.6. The molecule has 0 bridgehead atoms. The van der Waals surface area contributed by atoms with Crippen molar-refractivity contribution in [3.63, 3.8) is 0 Å². The van der Waals surface area contributed by atoms with E-state index < -0.39 is 0 Å². The van der Waals surface area contributed by atoms with Gasteiger partial charge < -0.3 is 14.2 Å². The lowest BCUT2D eigenvalue weighted by Gasteiger charge is -2.44. The van der Waals surface area contributed by atoms with Gasteiger partial charge in [-0.2, -0.15) is 0 Å². The van der Waals surface area contributed by atoms with E-state index in [-0.39, 0.29) is 25.2 Å². The Morgan fingerprint density at radius 3 is 2.88 bits per heavy atom. The van der Waals surface area contributed by atoms with Gasteiger partial charge in [0.1, 0.15) is 0 Å². The number of ether oxygens (including phenoxy) is 3. The molecule has 2 saturated heterocycles. The van der Waals surface area contributed by atoms with Crippen molar-refractivity contribution < 1.29 is 19.0 Å². The van der Waals surface area contributed by atoms with Crippen LogP contribution in [0.1, 0.15) is 42.5 Å². The largest absolute Gasteiger partial charge is 0.462 e. The van der Waals surface area contributed by atoms with Crippen LogP contribution in [0, 0.1) is 5.92 Å². The number of hydrogen-bond donors (Lipinski definition) is 0. The number of piperidine rings is 2. The van der Waals surface area contributed by atoms with Crippen molar-refractivity contribution >= 4 is 18.4 Å². The number of fused-ring (bicyclic) bond motifs is 2. The molecule has 5 nitrogen and oxygen atoms in total. The smallest absolute Gasteiger partial charge is 0.338 e. The fourth-order valence-electron chi connectivity index (χ4n) is 4.06. The average Bonchev–Trinajstić information content (AvgIpc) is 3.07. The Balaban J connectivity index is 0.00000169. The van der Waals surface area contributed by atoms with Gasteiger partial charge >= 0.3 is 5.97 Å². The van der Waals surface area contributed by atoms with Gasteiger partial charge in [-0.25, -0.2) is 4.79 Å². The molecule has 3 aliphatic heterocycles. The first-order chi connectivity index (χ1) is 11.3. The van der Waals surface area contributed by atoms with Gasteiger partial charge in [-0.3, -0.25) is 4.90 Å². The fraction of sp³-hybridized carbons (Fsp3) is 0.611. The Morgan fingerprint density at radius 1 is 1.12 bits per heavy atom. The Kier molecular flexibility index (Phi) is 5.51. The predicted molar refractivity (Wildman–Crippen MR) is 92.0 cm³/mol. The minimum atomic E-state index is -0.267. The molecule has 0 spiro atoms. The maximum atomic E-state index is 12.3. The molecule has 0 aliphatic carbocycles. The molecule has 24 heavy (non-hydrogen) atoms. The Morgan fingerprint density at radius 2 is 1.96 bits per heavy atom. The molecule has 6 heteroatoms. The van der Waals surface area contributed by atoms with Crippen LogP contribution in [0.25, 0.3) is 0 Å². The molecule has 3 heterocycles. The standard InChI is InChI=1S/C18H23NO4.ClH/c20-18(13-6-7-16-17(10-13)23-12-22-16)21-11-14-4-3-9-19-8-2-1-5-15(14)19;/h6-7,10,14-15H,1-5,8-9,11-12H2;1H/t14-,15?;/m1./s1. The molecular weight excluding hydrogens is 330 g/mol. The van der Waals surface area contributed by atoms with E-state index >= 15 is 0 Å². The first-order valence-electron chi connectivity index (χ1n) is 8.62. The van der Waals surface area contributed by atoms with Crippen molar-refractivity contribution in [3.05, 3.63) is 23.8 Å². The number of benzene rings is 1. The van der Waals surface area contributed by atoms with E-state index in [1.807, 2.05) is 0 Å². The number of carbonyl (C=O) groups is 1. The van der Waals surface area contributed by atoms with Crippen LogP contribution >= 0.6 is 12.4 Å². The minimum absolute atomic E-state index is 0. The van der Waals surface area contributed by atoms with E-state index in [4.69, 9.17) is 14.2 Å². The van der Waals surface area contributed by atoms with E-state index in [0.717, 1.165) is 6.42 Å². The van der Waals surface area contributed by atoms with E-state index in [1.165, 1.54) is 38.8 Å². The van der Waals surface area contributed by atoms with Crippen LogP contribution in [0.15, 0.2) is 18.2 Å². The molecule has 0 aromatic heterocycles. The summed E-state index contributed by atoms with van der Waals surface area (Å²) in [6.45, 7) is 3.15. The Hall–Kier alpha value is -1.46. The van der Waals surface area contributed by atoms with Crippen LogP contribution in [-0.2, 0) is 4.74 Å². The van der Waals surface area contributed by atoms with E-state index in [2.05, 4.69) is 4.90 Å². The molecule has 1 aromatic carbocycles. The Bertz CT molecular complexity index is 592. The van der Waals surface area contributed by atoms with Gasteiger partial charge in [0, 0.05) is 12.0 Å². The molecular formula is C18H24ClNO4. The highest BCUT2D eigenvalue weighted by Gasteiger charge is 2.33. The molecule has 0 radical (unpaired) electrons. The normalized spacial score (nSPS) is 25.5. The topological polar surface area (TPSA) is 48.0 Å². The number of hydrogen-bond acceptors (Lipinski definition) is 5. The highest BCUT2D eigenvalue weighted by Crippen LogP contribution is 2.33. The second-order valence-electron chi connectivity index (χ2n) is 6.67. The highest BCUT2D eigenvalue weighted by atomic mass is 35.5. The lowest BCUT2D eigenvalue weighted by atomic mass is 9.84. The predicted octanol–water partition coefficient (Wildman–Crippen LogP) is 3.26. The second kappa shape index (κ2) is 7.62. The Labute approximate surface area is 148 Å². The highest BCUT2D eigenvalue weighted by molar-refractivity contribution is 5.90. The van der Waals surface area contributed by atoms with Crippen LogP contribution in [0.2, 0.25) is 0 Å². The summed E-state index contributed by atoms with van der Waals surface area (Å²) >= 11 is 0. The molecule has 2 atom stereocenters. The van der Waals surface area contributed by atoms with Crippen molar-refractivity contribution in [1.29, 1.82) is 0 Å². The van der Waals surface area contributed by atoms with Gasteiger partial charge in [0.15, 0.2) is 11.5 Å². The summed E-state index contributed by atoms with van der Waals surface area (Å²) in [5, 5.41) is 0. The summed E-state index contributed by atoms with van der Waals surface area (Å²) in [4.78, 5) is 14.9. The van der Waals surface area contributed by atoms with Crippen LogP contribution in [0.3, 0.4) is 0 Å². The summed E-state index contributed by atoms with van der Waals surface area (Å²) in [5.41, 5.74) is 0.533. The van der Waals surface area contributed by atoms with E-state index in [9.17, 15) is 4.79 Å². The monoisotopic (exact) mass is 353 g/mol. The SMILES string of the molecule is Cl.O=C(OC[C@H]1CCCN2CCCCC12)c1ccc2c(c1)OCO2. The van der Waals surface area contributed by atoms with Gasteiger partial charge in [-0.05, 0) is 57.0 Å². The molecule has 3 aliphatic rings. The third kappa shape index (κ3) is 3.47. The second-order valence-corrected chi connectivity index (χ2v) is 6.67. The van der Waals surface area contributed by atoms with Gasteiger partial charge in [-0.1, -0.05) is 6.42 Å². The number of rotatable bonds is 3. The fourth-order valence-corrected chi connectivity index (χ4v) is 4.06. The maximum absolute atomic E-state index is 12.3. The summed E-state index contributed by atoms with van der Waals surface area (Å²) in [7, 11) is 0. The zero-order chi connectivity index (χ0) is 15.6. The summed E-state index contributed by atoms with van der Waals surface area (Å²) in [5.74, 6) is 1.51. The summed E-state index contributed by atoms with van der Waals surface area (Å²) < 4.78 is 16.2. The zero-order valence-electron chi connectivity index (χ0n) is 13.7. The molecule has 1 unspecified atom stereocenters. The van der Waals surface area contributed by atoms with Gasteiger partial charge in [0.2, 0.25) is 6.79 Å². The van der Waals surface area contributed by atoms with E-state index in [1.54, 1.807) is 18.2 Å². The number of esters is 1. The van der Waals surface area contributed by atoms with Gasteiger partial charge in [0.25, 0.3) is 0 Å². The minimum Gasteiger partial charge on any atom is -0.462 e. The molecule has 1 aromatic rings. The van der Waals surface area contributed by atoms with Crippen molar-refractivity contribution in [2.24, 2.45) is 5.92 Å². The van der Waals surface area contributed by atoms with Crippen molar-refractivity contribution in [1.82, 2.24) is 4.90 Å². The van der Waals surface area contributed by atoms with Gasteiger partial charge in [-0.15, -0.1) is 12.4 Å². The first-order valence-corrected chi connectivity index (χ1v) is 8.62. The number of carbonyl (C=O) groups excluding carboxylic acids is 1. The lowest BCUT2D eigenvalue weighted by Crippen LogP contribution is -2.49. The van der Waals surface area contributed by atoms with Crippen molar-refractivity contribution in [2.45, 2.75) is 38.1 Å². The summed E-state index contributed by atoms with van der Waals surface area (Å²) in [6, 6.07) is 5.81. The lowest BCUT2D eigenvalue weighted by molar-refractivity contribution is 0.00737. The number of halogens is 1. The van der Waals surface area contributed by atoms with E-state index in [0.29, 0.717) is 35.6 Å². The quantitative estimate of drug-likeness (QED) is 0.781. The number of nitrogens with zero attached hydrogens (tertiary/aromatic N) is 1.